The van der Waals surface area contributed by atoms with Crippen LogP contribution in [-0.4, -0.2) is 32.7 Å². The third kappa shape index (κ3) is 4.78. The number of halogens is 4. The number of benzene rings is 1. The van der Waals surface area contributed by atoms with Crippen LogP contribution in [0.2, 0.25) is 0 Å². The van der Waals surface area contributed by atoms with Gasteiger partial charge in [0.25, 0.3) is 0 Å². The van der Waals surface area contributed by atoms with Gasteiger partial charge in [-0.25, -0.2) is 4.57 Å². The van der Waals surface area contributed by atoms with Gasteiger partial charge in [0.15, 0.2) is 18.2 Å². The van der Waals surface area contributed by atoms with Crippen LogP contribution in [0.1, 0.15) is 10.4 Å². The number of rotatable bonds is 4. The van der Waals surface area contributed by atoms with E-state index in [9.17, 15) is 32.2 Å². The highest BCUT2D eigenvalue weighted by molar-refractivity contribution is 6.50. The summed E-state index contributed by atoms with van der Waals surface area (Å²) in [6, 6.07) is 3.13. The number of pyridine rings is 1. The molecule has 25 heavy (non-hydrogen) atoms. The fraction of sp³-hybridized carbons (Fsp3) is 0.231. The van der Waals surface area contributed by atoms with E-state index in [4.69, 9.17) is 9.47 Å². The van der Waals surface area contributed by atoms with Crippen LogP contribution in [-0.2, 0) is 7.05 Å². The normalized spacial score (nSPS) is 10.7. The van der Waals surface area contributed by atoms with E-state index in [-0.39, 0.29) is 28.1 Å². The minimum Gasteiger partial charge on any atom is -0.492 e. The molecule has 1 aromatic carbocycles. The summed E-state index contributed by atoms with van der Waals surface area (Å²) in [6.07, 6.45) is 2.24. The van der Waals surface area contributed by atoms with Crippen molar-refractivity contribution < 1.29 is 41.0 Å². The van der Waals surface area contributed by atoms with Crippen LogP contribution < -0.4 is 14.0 Å². The van der Waals surface area contributed by atoms with Gasteiger partial charge >= 0.3 is 12.9 Å². The van der Waals surface area contributed by atoms with E-state index in [0.29, 0.717) is 11.8 Å². The number of aromatic nitrogens is 1. The third-order valence-corrected chi connectivity index (χ3v) is 3.08. The molecular formula is C13H13BF4N2O5. The molecule has 0 aliphatic rings. The summed E-state index contributed by atoms with van der Waals surface area (Å²) in [5.74, 6) is 0.240. The molecule has 1 aromatic heterocycles. The molecule has 0 saturated heterocycles. The summed E-state index contributed by atoms with van der Waals surface area (Å²) in [5.41, 5.74) is 0.463. The van der Waals surface area contributed by atoms with Crippen LogP contribution in [0.15, 0.2) is 18.3 Å². The molecule has 0 atom stereocenters. The fourth-order valence-corrected chi connectivity index (χ4v) is 2.15. The van der Waals surface area contributed by atoms with E-state index < -0.39 is 12.2 Å². The maximum Gasteiger partial charge on any atom is 0.673 e. The topological polar surface area (TPSA) is 82.5 Å². The molecule has 2 rings (SSSR count). The van der Waals surface area contributed by atoms with Crippen molar-refractivity contribution in [3.8, 4) is 11.5 Å². The first-order valence-corrected chi connectivity index (χ1v) is 6.59. The fourth-order valence-electron chi connectivity index (χ4n) is 2.15. The average Bonchev–Trinajstić information content (AvgIpc) is 2.51. The number of nitrogens with zero attached hydrogens (tertiary/aromatic N) is 2. The molecule has 0 N–H and O–H groups in total. The number of fused-ring (bicyclic) bond motifs is 1. The Labute approximate surface area is 139 Å². The summed E-state index contributed by atoms with van der Waals surface area (Å²) in [6.45, 7) is 0. The summed E-state index contributed by atoms with van der Waals surface area (Å²) >= 11 is 0. The van der Waals surface area contributed by atoms with E-state index in [0.717, 1.165) is 0 Å². The summed E-state index contributed by atoms with van der Waals surface area (Å²) in [7, 11) is -1.55. The van der Waals surface area contributed by atoms with Gasteiger partial charge in [-0.2, -0.15) is 0 Å². The number of methoxy groups -OCH3 is 2. The number of nitro groups is 1. The van der Waals surface area contributed by atoms with Crippen LogP contribution in [0.25, 0.3) is 10.9 Å². The van der Waals surface area contributed by atoms with Gasteiger partial charge < -0.3 is 26.7 Å². The van der Waals surface area contributed by atoms with Gasteiger partial charge in [0, 0.05) is 11.6 Å². The highest BCUT2D eigenvalue weighted by Crippen LogP contribution is 2.42. The predicted molar refractivity (Wildman–Crippen MR) is 80.5 cm³/mol. The van der Waals surface area contributed by atoms with Crippen LogP contribution in [0.4, 0.5) is 23.0 Å². The van der Waals surface area contributed by atoms with Crippen molar-refractivity contribution in [2.45, 2.75) is 0 Å². The van der Waals surface area contributed by atoms with E-state index >= 15 is 0 Å². The first-order chi connectivity index (χ1) is 11.5. The SMILES string of the molecule is COc1cc2c(c(C=O)cc[n+]2C)c([N+](=O)[O-])c1OC.F[B-](F)(F)F. The zero-order valence-electron chi connectivity index (χ0n) is 13.3. The Morgan fingerprint density at radius 1 is 1.24 bits per heavy atom. The highest BCUT2D eigenvalue weighted by Gasteiger charge is 2.30. The Morgan fingerprint density at radius 2 is 1.80 bits per heavy atom. The van der Waals surface area contributed by atoms with Gasteiger partial charge in [0.1, 0.15) is 12.4 Å². The van der Waals surface area contributed by atoms with Crippen molar-refractivity contribution in [1.29, 1.82) is 0 Å². The van der Waals surface area contributed by atoms with Crippen molar-refractivity contribution in [3.05, 3.63) is 34.0 Å². The second-order valence-electron chi connectivity index (χ2n) is 4.61. The van der Waals surface area contributed by atoms with Crippen molar-refractivity contribution >= 4 is 30.1 Å². The molecule has 2 aromatic rings. The monoisotopic (exact) mass is 364 g/mol. The molecule has 136 valence electrons. The highest BCUT2D eigenvalue weighted by atomic mass is 19.5. The van der Waals surface area contributed by atoms with E-state index in [1.807, 2.05) is 0 Å². The van der Waals surface area contributed by atoms with Crippen molar-refractivity contribution in [1.82, 2.24) is 0 Å². The first-order valence-electron chi connectivity index (χ1n) is 6.59. The lowest BCUT2D eigenvalue weighted by Gasteiger charge is -2.10. The Kier molecular flexibility index (Phi) is 6.26. The maximum atomic E-state index is 11.4. The van der Waals surface area contributed by atoms with Crippen LogP contribution in [0.3, 0.4) is 0 Å². The summed E-state index contributed by atoms with van der Waals surface area (Å²) in [5, 5.41) is 11.6. The Morgan fingerprint density at radius 3 is 2.20 bits per heavy atom. The third-order valence-electron chi connectivity index (χ3n) is 3.08. The molecule has 0 spiro atoms. The Balaban J connectivity index is 0.000000550. The lowest BCUT2D eigenvalue weighted by atomic mass is 10.1. The minimum atomic E-state index is -6.00. The maximum absolute atomic E-state index is 11.4. The number of carbonyl (C=O) groups is 1. The van der Waals surface area contributed by atoms with Crippen molar-refractivity contribution in [2.75, 3.05) is 14.2 Å². The van der Waals surface area contributed by atoms with E-state index in [1.165, 1.54) is 20.3 Å². The number of aryl methyl sites for hydroxylation is 1. The molecule has 0 fully saturated rings. The van der Waals surface area contributed by atoms with Gasteiger partial charge in [-0.1, -0.05) is 0 Å². The lowest BCUT2D eigenvalue weighted by molar-refractivity contribution is -0.645. The molecule has 0 bridgehead atoms. The lowest BCUT2D eigenvalue weighted by Crippen LogP contribution is -2.29. The summed E-state index contributed by atoms with van der Waals surface area (Å²) in [4.78, 5) is 22.0. The smallest absolute Gasteiger partial charge is 0.492 e. The second kappa shape index (κ2) is 7.77. The zero-order chi connectivity index (χ0) is 19.4. The quantitative estimate of drug-likeness (QED) is 0.208. The molecule has 7 nitrogen and oxygen atoms in total. The zero-order valence-corrected chi connectivity index (χ0v) is 13.3. The molecule has 0 saturated carbocycles. The van der Waals surface area contributed by atoms with Gasteiger partial charge in [-0.3, -0.25) is 14.9 Å². The Bertz CT molecular complexity index is 807. The van der Waals surface area contributed by atoms with Gasteiger partial charge in [0.2, 0.25) is 11.3 Å². The molecule has 0 unspecified atom stereocenters. The van der Waals surface area contributed by atoms with Crippen LogP contribution in [0.5, 0.6) is 11.5 Å². The summed E-state index contributed by atoms with van der Waals surface area (Å²) < 4.78 is 50.9. The molecule has 0 radical (unpaired) electrons. The number of aldehydes is 1. The van der Waals surface area contributed by atoms with Crippen LogP contribution in [0, 0.1) is 10.1 Å². The van der Waals surface area contributed by atoms with Gasteiger partial charge in [-0.15, -0.1) is 0 Å². The molecule has 0 aliphatic heterocycles. The molecule has 0 aliphatic carbocycles. The largest absolute Gasteiger partial charge is 0.673 e. The second-order valence-corrected chi connectivity index (χ2v) is 4.61. The first kappa shape index (κ1) is 20.1. The number of hydrogen-bond acceptors (Lipinski definition) is 5. The molecular weight excluding hydrogens is 351 g/mol. The average molecular weight is 364 g/mol. The minimum absolute atomic E-state index is 0.000648. The number of ether oxygens (including phenoxy) is 2. The van der Waals surface area contributed by atoms with E-state index in [2.05, 4.69) is 0 Å². The number of nitro benzene ring substituents is 1. The number of carbonyl (C=O) groups excluding carboxylic acids is 1. The Hall–Kier alpha value is -2.92. The molecule has 0 amide bonds. The molecule has 12 heteroatoms. The predicted octanol–water partition coefficient (Wildman–Crippen LogP) is 2.70. The van der Waals surface area contributed by atoms with Gasteiger partial charge in [-0.05, 0) is 0 Å². The number of hydrogen-bond donors (Lipinski definition) is 0. The standard InChI is InChI=1S/C13H13N2O5.BF4/c1-14-5-4-8(7-16)11-9(14)6-10(19-2)13(20-3)12(11)15(17)18;2-1(3,4)5/h4-7H,1-3H3;/q+1;-1. The molecule has 1 heterocycles. The van der Waals surface area contributed by atoms with Gasteiger partial charge in [0.05, 0.1) is 25.2 Å². The van der Waals surface area contributed by atoms with E-state index in [1.54, 1.807) is 23.9 Å². The van der Waals surface area contributed by atoms with Crippen LogP contribution >= 0.6 is 0 Å². The van der Waals surface area contributed by atoms with Crippen molar-refractivity contribution in [2.24, 2.45) is 7.05 Å². The van der Waals surface area contributed by atoms with Crippen molar-refractivity contribution in [3.63, 3.8) is 0 Å².